The summed E-state index contributed by atoms with van der Waals surface area (Å²) >= 11 is 0. The van der Waals surface area contributed by atoms with Crippen LogP contribution in [0.5, 0.6) is 0 Å². The molecule has 0 bridgehead atoms. The Morgan fingerprint density at radius 3 is 2.33 bits per heavy atom. The van der Waals surface area contributed by atoms with E-state index < -0.39 is 18.5 Å². The van der Waals surface area contributed by atoms with Crippen molar-refractivity contribution in [2.45, 2.75) is 13.3 Å². The van der Waals surface area contributed by atoms with Crippen molar-refractivity contribution in [3.05, 3.63) is 0 Å². The van der Waals surface area contributed by atoms with Gasteiger partial charge in [-0.3, -0.25) is 9.59 Å². The summed E-state index contributed by atoms with van der Waals surface area (Å²) < 4.78 is 4.01. The van der Waals surface area contributed by atoms with Crippen LogP contribution >= 0.6 is 0 Å². The summed E-state index contributed by atoms with van der Waals surface area (Å²) in [5, 5.41) is 9.71. The second kappa shape index (κ2) is 4.03. The fourth-order valence-electron chi connectivity index (χ4n) is 0.295. The van der Waals surface area contributed by atoms with E-state index in [0.29, 0.717) is 0 Å². The van der Waals surface area contributed by atoms with Crippen LogP contribution in [0.4, 0.5) is 0 Å². The summed E-state index contributed by atoms with van der Waals surface area (Å²) in [6.07, 6.45) is -0.237. The van der Waals surface area contributed by atoms with Gasteiger partial charge < -0.3 is 4.74 Å². The Bertz CT molecular complexity index is 118. The molecular formula is C5H7O4. The summed E-state index contributed by atoms with van der Waals surface area (Å²) in [6, 6.07) is 0. The van der Waals surface area contributed by atoms with Crippen molar-refractivity contribution in [3.63, 3.8) is 0 Å². The number of hydrogen-bond donors (Lipinski definition) is 0. The van der Waals surface area contributed by atoms with E-state index in [1.807, 2.05) is 0 Å². The van der Waals surface area contributed by atoms with Gasteiger partial charge in [0.05, 0.1) is 13.0 Å². The maximum atomic E-state index is 10.2. The Kier molecular flexibility index (Phi) is 3.62. The smallest absolute Gasteiger partial charge is 0.315 e. The lowest BCUT2D eigenvalue weighted by Gasteiger charge is -1.93. The van der Waals surface area contributed by atoms with Gasteiger partial charge in [-0.15, -0.1) is 0 Å². The Morgan fingerprint density at radius 1 is 1.44 bits per heavy atom. The van der Waals surface area contributed by atoms with Crippen LogP contribution < -0.4 is 0 Å². The Morgan fingerprint density at radius 2 is 2.00 bits per heavy atom. The minimum Gasteiger partial charge on any atom is -0.393 e. The summed E-state index contributed by atoms with van der Waals surface area (Å²) in [5.74, 6) is -1.43. The summed E-state index contributed by atoms with van der Waals surface area (Å²) in [4.78, 5) is 20.2. The summed E-state index contributed by atoms with van der Waals surface area (Å²) in [5.41, 5.74) is 0. The van der Waals surface area contributed by atoms with Gasteiger partial charge in [0.25, 0.3) is 0 Å². The maximum Gasteiger partial charge on any atom is 0.315 e. The lowest BCUT2D eigenvalue weighted by molar-refractivity contribution is -0.158. The van der Waals surface area contributed by atoms with E-state index in [4.69, 9.17) is 0 Å². The van der Waals surface area contributed by atoms with Gasteiger partial charge in [0.1, 0.15) is 0 Å². The van der Waals surface area contributed by atoms with Crippen molar-refractivity contribution in [2.75, 3.05) is 6.61 Å². The van der Waals surface area contributed by atoms with Crippen molar-refractivity contribution in [1.82, 2.24) is 0 Å². The van der Waals surface area contributed by atoms with Gasteiger partial charge in [0, 0.05) is 6.92 Å². The third-order valence-electron chi connectivity index (χ3n) is 0.564. The van der Waals surface area contributed by atoms with Crippen molar-refractivity contribution in [1.29, 1.82) is 0 Å². The van der Waals surface area contributed by atoms with E-state index in [2.05, 4.69) is 4.74 Å². The average molecular weight is 131 g/mol. The van der Waals surface area contributed by atoms with Gasteiger partial charge in [-0.2, -0.15) is 0 Å². The molecule has 0 aromatic heterocycles. The van der Waals surface area contributed by atoms with Crippen molar-refractivity contribution < 1.29 is 19.4 Å². The minimum atomic E-state index is -0.752. The van der Waals surface area contributed by atoms with Crippen molar-refractivity contribution >= 4 is 11.9 Å². The van der Waals surface area contributed by atoms with Gasteiger partial charge in [-0.05, 0) is 0 Å². The highest BCUT2D eigenvalue weighted by molar-refractivity contribution is 5.83. The van der Waals surface area contributed by atoms with Crippen LogP contribution in [-0.4, -0.2) is 18.5 Å². The highest BCUT2D eigenvalue weighted by Crippen LogP contribution is 1.84. The normalized spacial score (nSPS) is 8.67. The number of rotatable bonds is 2. The molecule has 0 unspecified atom stereocenters. The molecule has 0 amide bonds. The molecule has 0 rings (SSSR count). The molecule has 4 nitrogen and oxygen atoms in total. The fraction of sp³-hybridized carbons (Fsp3) is 0.600. The van der Waals surface area contributed by atoms with Gasteiger partial charge in [0.2, 0.25) is 0 Å². The average Bonchev–Trinajstić information content (AvgIpc) is 1.63. The van der Waals surface area contributed by atoms with E-state index in [0.717, 1.165) is 6.92 Å². The van der Waals surface area contributed by atoms with Crippen LogP contribution in [0.3, 0.4) is 0 Å². The van der Waals surface area contributed by atoms with Gasteiger partial charge >= 0.3 is 11.9 Å². The molecule has 9 heavy (non-hydrogen) atoms. The first-order valence-electron chi connectivity index (χ1n) is 2.46. The molecule has 0 saturated heterocycles. The zero-order valence-corrected chi connectivity index (χ0v) is 5.05. The van der Waals surface area contributed by atoms with E-state index in [1.165, 1.54) is 0 Å². The molecule has 0 aromatic carbocycles. The fourth-order valence-corrected chi connectivity index (χ4v) is 0.295. The molecular weight excluding hydrogens is 124 g/mol. The molecule has 0 heterocycles. The molecule has 0 aliphatic heterocycles. The van der Waals surface area contributed by atoms with E-state index >= 15 is 0 Å². The Labute approximate surface area is 52.4 Å². The third-order valence-corrected chi connectivity index (χ3v) is 0.564. The number of esters is 2. The first-order chi connectivity index (χ1) is 4.16. The zero-order chi connectivity index (χ0) is 7.28. The molecule has 0 aliphatic rings. The predicted octanol–water partition coefficient (Wildman–Crippen LogP) is -0.103. The standard InChI is InChI=1S/C5H7O4/c1-4(7)9-5(8)2-3-6/h2-3H2,1H3. The van der Waals surface area contributed by atoms with E-state index in [1.54, 1.807) is 0 Å². The molecule has 0 saturated carbocycles. The van der Waals surface area contributed by atoms with Gasteiger partial charge in [-0.25, -0.2) is 5.11 Å². The van der Waals surface area contributed by atoms with Crippen LogP contribution in [0.15, 0.2) is 0 Å². The molecule has 0 N–H and O–H groups in total. The van der Waals surface area contributed by atoms with Gasteiger partial charge in [0.15, 0.2) is 0 Å². The maximum absolute atomic E-state index is 10.2. The molecule has 0 fully saturated rings. The Balaban J connectivity index is 3.39. The first-order valence-corrected chi connectivity index (χ1v) is 2.46. The predicted molar refractivity (Wildman–Crippen MR) is 26.9 cm³/mol. The summed E-state index contributed by atoms with van der Waals surface area (Å²) in [6.45, 7) is 0.578. The zero-order valence-electron chi connectivity index (χ0n) is 5.05. The largest absolute Gasteiger partial charge is 0.393 e. The lowest BCUT2D eigenvalue weighted by Crippen LogP contribution is -2.09. The highest BCUT2D eigenvalue weighted by atomic mass is 16.6. The molecule has 4 heteroatoms. The molecule has 0 aliphatic carbocycles. The second-order valence-corrected chi connectivity index (χ2v) is 1.42. The van der Waals surface area contributed by atoms with Crippen LogP contribution in [0.2, 0.25) is 0 Å². The molecule has 0 atom stereocenters. The quantitative estimate of drug-likeness (QED) is 0.388. The number of carbonyl (C=O) groups excluding carboxylic acids is 2. The molecule has 0 spiro atoms. The van der Waals surface area contributed by atoms with Crippen LogP contribution in [0.1, 0.15) is 13.3 Å². The third kappa shape index (κ3) is 4.96. The monoisotopic (exact) mass is 131 g/mol. The van der Waals surface area contributed by atoms with E-state index in [9.17, 15) is 14.7 Å². The molecule has 1 radical (unpaired) electrons. The molecule has 51 valence electrons. The number of ether oxygens (including phenoxy) is 1. The first kappa shape index (κ1) is 8.10. The second-order valence-electron chi connectivity index (χ2n) is 1.42. The van der Waals surface area contributed by atoms with Gasteiger partial charge in [-0.1, -0.05) is 0 Å². The summed E-state index contributed by atoms with van der Waals surface area (Å²) in [7, 11) is 0. The topological polar surface area (TPSA) is 63.3 Å². The molecule has 0 aromatic rings. The van der Waals surface area contributed by atoms with E-state index in [-0.39, 0.29) is 6.42 Å². The highest BCUT2D eigenvalue weighted by Gasteiger charge is 2.03. The van der Waals surface area contributed by atoms with Crippen molar-refractivity contribution in [3.8, 4) is 0 Å². The van der Waals surface area contributed by atoms with Crippen LogP contribution in [-0.2, 0) is 19.4 Å². The van der Waals surface area contributed by atoms with Crippen LogP contribution in [0, 0.1) is 0 Å². The number of hydrogen-bond acceptors (Lipinski definition) is 3. The Hall–Kier alpha value is -0.900. The lowest BCUT2D eigenvalue weighted by atomic mass is 10.5. The SMILES string of the molecule is CC(=O)OC(=O)CC[O]. The van der Waals surface area contributed by atoms with Crippen molar-refractivity contribution in [2.24, 2.45) is 0 Å². The number of carbonyl (C=O) groups is 2. The van der Waals surface area contributed by atoms with Crippen LogP contribution in [0.25, 0.3) is 0 Å². The minimum absolute atomic E-state index is 0.237.